The van der Waals surface area contributed by atoms with E-state index < -0.39 is 5.54 Å². The highest BCUT2D eigenvalue weighted by atomic mass is 19.1. The van der Waals surface area contributed by atoms with Crippen LogP contribution in [0.3, 0.4) is 0 Å². The Kier molecular flexibility index (Phi) is 4.63. The highest BCUT2D eigenvalue weighted by Crippen LogP contribution is 2.26. The maximum absolute atomic E-state index is 13.0. The zero-order valence-corrected chi connectivity index (χ0v) is 12.8. The summed E-state index contributed by atoms with van der Waals surface area (Å²) in [6.07, 6.45) is 0.764. The van der Waals surface area contributed by atoms with Gasteiger partial charge in [-0.3, -0.25) is 0 Å². The van der Waals surface area contributed by atoms with Crippen LogP contribution in [0.1, 0.15) is 31.9 Å². The summed E-state index contributed by atoms with van der Waals surface area (Å²) < 4.78 is 18.7. The van der Waals surface area contributed by atoms with Crippen LogP contribution in [-0.2, 0) is 12.0 Å². The van der Waals surface area contributed by atoms with Crippen LogP contribution in [0.25, 0.3) is 0 Å². The van der Waals surface area contributed by atoms with Gasteiger partial charge in [-0.1, -0.05) is 24.3 Å². The monoisotopic (exact) mass is 287 g/mol. The SMILES string of the molecule is CC(C)Oc1cccc(C(C)(N)Cc2ccc(F)cc2)c1. The third kappa shape index (κ3) is 4.30. The Morgan fingerprint density at radius 3 is 2.43 bits per heavy atom. The number of halogens is 1. The van der Waals surface area contributed by atoms with Crippen LogP contribution in [0.4, 0.5) is 4.39 Å². The van der Waals surface area contributed by atoms with Gasteiger partial charge in [0.05, 0.1) is 6.10 Å². The van der Waals surface area contributed by atoms with Crippen LogP contribution in [0.2, 0.25) is 0 Å². The second kappa shape index (κ2) is 6.27. The molecule has 0 amide bonds. The van der Waals surface area contributed by atoms with E-state index >= 15 is 0 Å². The fourth-order valence-electron chi connectivity index (χ4n) is 2.33. The summed E-state index contributed by atoms with van der Waals surface area (Å²) in [7, 11) is 0. The largest absolute Gasteiger partial charge is 0.491 e. The topological polar surface area (TPSA) is 35.2 Å². The molecule has 0 radical (unpaired) electrons. The number of benzene rings is 2. The minimum Gasteiger partial charge on any atom is -0.491 e. The Hall–Kier alpha value is -1.87. The number of hydrogen-bond acceptors (Lipinski definition) is 2. The standard InChI is InChI=1S/C18H22FNO/c1-13(2)21-17-6-4-5-15(11-17)18(3,20)12-14-7-9-16(19)10-8-14/h4-11,13H,12,20H2,1-3H3. The third-order valence-electron chi connectivity index (χ3n) is 3.35. The van der Waals surface area contributed by atoms with Gasteiger partial charge in [0, 0.05) is 5.54 Å². The van der Waals surface area contributed by atoms with Crippen LogP contribution in [0.15, 0.2) is 48.5 Å². The Morgan fingerprint density at radius 2 is 1.81 bits per heavy atom. The summed E-state index contributed by atoms with van der Waals surface area (Å²) in [6, 6.07) is 14.3. The first kappa shape index (κ1) is 15.5. The lowest BCUT2D eigenvalue weighted by atomic mass is 9.86. The van der Waals surface area contributed by atoms with Crippen LogP contribution < -0.4 is 10.5 Å². The highest BCUT2D eigenvalue weighted by Gasteiger charge is 2.22. The zero-order valence-electron chi connectivity index (χ0n) is 12.8. The second-order valence-corrected chi connectivity index (χ2v) is 5.92. The summed E-state index contributed by atoms with van der Waals surface area (Å²) in [5.41, 5.74) is 7.94. The van der Waals surface area contributed by atoms with E-state index in [1.54, 1.807) is 12.1 Å². The number of rotatable bonds is 5. The molecule has 112 valence electrons. The van der Waals surface area contributed by atoms with Gasteiger partial charge >= 0.3 is 0 Å². The molecule has 2 N–H and O–H groups in total. The van der Waals surface area contributed by atoms with Gasteiger partial charge in [-0.05, 0) is 62.6 Å². The molecular weight excluding hydrogens is 265 g/mol. The molecule has 0 aliphatic heterocycles. The smallest absolute Gasteiger partial charge is 0.123 e. The van der Waals surface area contributed by atoms with Crippen molar-refractivity contribution in [2.75, 3.05) is 0 Å². The molecule has 0 fully saturated rings. The van der Waals surface area contributed by atoms with Crippen molar-refractivity contribution in [3.63, 3.8) is 0 Å². The second-order valence-electron chi connectivity index (χ2n) is 5.92. The lowest BCUT2D eigenvalue weighted by Gasteiger charge is -2.26. The average molecular weight is 287 g/mol. The summed E-state index contributed by atoms with van der Waals surface area (Å²) in [5.74, 6) is 0.586. The molecule has 3 heteroatoms. The van der Waals surface area contributed by atoms with Crippen molar-refractivity contribution < 1.29 is 9.13 Å². The summed E-state index contributed by atoms with van der Waals surface area (Å²) in [5, 5.41) is 0. The molecule has 0 saturated heterocycles. The molecule has 0 bridgehead atoms. The maximum Gasteiger partial charge on any atom is 0.123 e. The van der Waals surface area contributed by atoms with Gasteiger partial charge in [-0.2, -0.15) is 0 Å². The summed E-state index contributed by atoms with van der Waals surface area (Å²) in [6.45, 7) is 5.96. The lowest BCUT2D eigenvalue weighted by molar-refractivity contribution is 0.241. The van der Waals surface area contributed by atoms with Gasteiger partial charge in [0.2, 0.25) is 0 Å². The normalized spacial score (nSPS) is 14.0. The van der Waals surface area contributed by atoms with E-state index in [2.05, 4.69) is 0 Å². The molecule has 0 aliphatic rings. The maximum atomic E-state index is 13.0. The molecule has 0 aliphatic carbocycles. The number of hydrogen-bond donors (Lipinski definition) is 1. The van der Waals surface area contributed by atoms with Gasteiger partial charge in [0.1, 0.15) is 11.6 Å². The van der Waals surface area contributed by atoms with Gasteiger partial charge in [-0.25, -0.2) is 4.39 Å². The lowest BCUT2D eigenvalue weighted by Crippen LogP contribution is -2.35. The van der Waals surface area contributed by atoms with Crippen LogP contribution in [-0.4, -0.2) is 6.10 Å². The van der Waals surface area contributed by atoms with E-state index in [1.807, 2.05) is 45.0 Å². The molecule has 21 heavy (non-hydrogen) atoms. The van der Waals surface area contributed by atoms with Crippen molar-refractivity contribution in [2.45, 2.75) is 38.8 Å². The first-order chi connectivity index (χ1) is 9.87. The van der Waals surface area contributed by atoms with Crippen LogP contribution in [0, 0.1) is 5.82 Å². The number of ether oxygens (including phenoxy) is 1. The van der Waals surface area contributed by atoms with Gasteiger partial charge in [-0.15, -0.1) is 0 Å². The summed E-state index contributed by atoms with van der Waals surface area (Å²) >= 11 is 0. The highest BCUT2D eigenvalue weighted by molar-refractivity contribution is 5.34. The van der Waals surface area contributed by atoms with Crippen molar-refractivity contribution in [1.29, 1.82) is 0 Å². The minimum atomic E-state index is -0.534. The quantitative estimate of drug-likeness (QED) is 0.901. The Morgan fingerprint density at radius 1 is 1.14 bits per heavy atom. The first-order valence-corrected chi connectivity index (χ1v) is 7.17. The Bertz CT molecular complexity index is 590. The zero-order chi connectivity index (χ0) is 15.5. The first-order valence-electron chi connectivity index (χ1n) is 7.17. The van der Waals surface area contributed by atoms with Gasteiger partial charge in [0.15, 0.2) is 0 Å². The molecule has 1 unspecified atom stereocenters. The Balaban J connectivity index is 2.20. The molecule has 0 spiro atoms. The third-order valence-corrected chi connectivity index (χ3v) is 3.35. The van der Waals surface area contributed by atoms with E-state index in [4.69, 9.17) is 10.5 Å². The molecular formula is C18H22FNO. The number of nitrogens with two attached hydrogens (primary N) is 1. The van der Waals surface area contributed by atoms with Crippen molar-refractivity contribution in [1.82, 2.24) is 0 Å². The molecule has 2 rings (SSSR count). The Labute approximate surface area is 125 Å². The molecule has 0 aromatic heterocycles. The molecule has 0 saturated carbocycles. The molecule has 2 aromatic rings. The van der Waals surface area contributed by atoms with Crippen molar-refractivity contribution in [3.05, 3.63) is 65.5 Å². The fraction of sp³-hybridized carbons (Fsp3) is 0.333. The predicted octanol–water partition coefficient (Wildman–Crippen LogP) is 4.03. The molecule has 1 atom stereocenters. The molecule has 2 aromatic carbocycles. The van der Waals surface area contributed by atoms with Crippen molar-refractivity contribution >= 4 is 0 Å². The average Bonchev–Trinajstić information content (AvgIpc) is 2.41. The van der Waals surface area contributed by atoms with Crippen LogP contribution in [0.5, 0.6) is 5.75 Å². The van der Waals surface area contributed by atoms with E-state index in [0.29, 0.717) is 6.42 Å². The van der Waals surface area contributed by atoms with Crippen LogP contribution >= 0.6 is 0 Å². The predicted molar refractivity (Wildman–Crippen MR) is 83.8 cm³/mol. The van der Waals surface area contributed by atoms with Gasteiger partial charge in [0.25, 0.3) is 0 Å². The van der Waals surface area contributed by atoms with Gasteiger partial charge < -0.3 is 10.5 Å². The molecule has 0 heterocycles. The van der Waals surface area contributed by atoms with Crippen molar-refractivity contribution in [3.8, 4) is 5.75 Å². The van der Waals surface area contributed by atoms with E-state index in [0.717, 1.165) is 16.9 Å². The summed E-state index contributed by atoms with van der Waals surface area (Å²) in [4.78, 5) is 0. The van der Waals surface area contributed by atoms with E-state index in [1.165, 1.54) is 12.1 Å². The minimum absolute atomic E-state index is 0.126. The molecule has 2 nitrogen and oxygen atoms in total. The van der Waals surface area contributed by atoms with Crippen molar-refractivity contribution in [2.24, 2.45) is 5.73 Å². The fourth-order valence-corrected chi connectivity index (χ4v) is 2.33. The van der Waals surface area contributed by atoms with E-state index in [-0.39, 0.29) is 11.9 Å². The van der Waals surface area contributed by atoms with E-state index in [9.17, 15) is 4.39 Å².